The number of carbonyl (C=O) groups excluding carboxylic acids is 1. The average Bonchev–Trinajstić information content (AvgIpc) is 3.30. The molecule has 2 aliphatic carbocycles. The van der Waals surface area contributed by atoms with Gasteiger partial charge in [0, 0.05) is 58.1 Å². The van der Waals surface area contributed by atoms with Crippen LogP contribution < -0.4 is 0 Å². The van der Waals surface area contributed by atoms with Crippen molar-refractivity contribution >= 4 is 5.91 Å². The summed E-state index contributed by atoms with van der Waals surface area (Å²) < 4.78 is 31.5. The molecule has 0 aromatic rings. The van der Waals surface area contributed by atoms with Gasteiger partial charge in [-0.2, -0.15) is 0 Å². The number of alkyl halides is 2. The fourth-order valence-electron chi connectivity index (χ4n) is 5.11. The third kappa shape index (κ3) is 3.70. The summed E-state index contributed by atoms with van der Waals surface area (Å²) in [5.74, 6) is -2.22. The van der Waals surface area contributed by atoms with Gasteiger partial charge in [0.25, 0.3) is 0 Å². The van der Waals surface area contributed by atoms with Crippen LogP contribution >= 0.6 is 0 Å². The summed E-state index contributed by atoms with van der Waals surface area (Å²) in [7, 11) is 1.77. The summed E-state index contributed by atoms with van der Waals surface area (Å²) in [4.78, 5) is 16.9. The molecule has 0 aromatic carbocycles. The topological polar surface area (TPSA) is 32.8 Å². The molecule has 0 radical (unpaired) electrons. The van der Waals surface area contributed by atoms with Crippen molar-refractivity contribution in [3.8, 4) is 0 Å². The normalized spacial score (nSPS) is 32.1. The van der Waals surface area contributed by atoms with Gasteiger partial charge < -0.3 is 9.64 Å². The van der Waals surface area contributed by atoms with Crippen LogP contribution in [0.3, 0.4) is 0 Å². The van der Waals surface area contributed by atoms with Gasteiger partial charge in [0.2, 0.25) is 11.8 Å². The number of halogens is 2. The van der Waals surface area contributed by atoms with E-state index in [0.717, 1.165) is 51.4 Å². The summed E-state index contributed by atoms with van der Waals surface area (Å²) >= 11 is 0. The Hall–Kier alpha value is -0.750. The minimum absolute atomic E-state index is 0.0398. The highest BCUT2D eigenvalue weighted by molar-refractivity contribution is 5.80. The van der Waals surface area contributed by atoms with Crippen LogP contribution in [0.25, 0.3) is 0 Å². The molecule has 0 bridgehead atoms. The van der Waals surface area contributed by atoms with E-state index in [0.29, 0.717) is 11.5 Å². The van der Waals surface area contributed by atoms with Gasteiger partial charge in [-0.3, -0.25) is 9.69 Å². The van der Waals surface area contributed by atoms with Crippen LogP contribution in [0.4, 0.5) is 8.78 Å². The zero-order valence-corrected chi connectivity index (χ0v) is 15.2. The summed E-state index contributed by atoms with van der Waals surface area (Å²) in [5.41, 5.74) is 0.290. The van der Waals surface area contributed by atoms with E-state index in [1.165, 1.54) is 19.4 Å². The Morgan fingerprint density at radius 1 is 1.16 bits per heavy atom. The Bertz CT molecular complexity index is 508. The highest BCUT2D eigenvalue weighted by Gasteiger charge is 2.51. The fourth-order valence-corrected chi connectivity index (χ4v) is 5.11. The van der Waals surface area contributed by atoms with Crippen molar-refractivity contribution in [3.05, 3.63) is 0 Å². The first-order chi connectivity index (χ1) is 11.9. The maximum absolute atomic E-state index is 13.0. The minimum atomic E-state index is -2.61. The molecule has 25 heavy (non-hydrogen) atoms. The van der Waals surface area contributed by atoms with Gasteiger partial charge in [-0.05, 0) is 43.4 Å². The molecule has 2 saturated heterocycles. The molecule has 1 spiro atoms. The fraction of sp³-hybridized carbons (Fsp3) is 0.947. The van der Waals surface area contributed by atoms with Crippen molar-refractivity contribution in [3.63, 3.8) is 0 Å². The van der Waals surface area contributed by atoms with Gasteiger partial charge >= 0.3 is 0 Å². The number of rotatable bonds is 5. The zero-order chi connectivity index (χ0) is 17.7. The van der Waals surface area contributed by atoms with E-state index in [4.69, 9.17) is 4.74 Å². The van der Waals surface area contributed by atoms with Crippen molar-refractivity contribution in [1.29, 1.82) is 0 Å². The molecule has 4 aliphatic rings. The van der Waals surface area contributed by atoms with Crippen molar-refractivity contribution in [1.82, 2.24) is 9.80 Å². The van der Waals surface area contributed by atoms with Crippen LogP contribution in [0.2, 0.25) is 0 Å². The molecular weight excluding hydrogens is 326 g/mol. The van der Waals surface area contributed by atoms with Crippen LogP contribution in [0, 0.1) is 17.3 Å². The van der Waals surface area contributed by atoms with E-state index < -0.39 is 11.8 Å². The smallest absolute Gasteiger partial charge is 0.249 e. The number of likely N-dealkylation sites (tertiary alicyclic amines) is 2. The predicted molar refractivity (Wildman–Crippen MR) is 90.5 cm³/mol. The maximum Gasteiger partial charge on any atom is 0.249 e. The van der Waals surface area contributed by atoms with Crippen molar-refractivity contribution in [2.24, 2.45) is 17.3 Å². The number of amides is 1. The number of hydrogen-bond acceptors (Lipinski definition) is 3. The lowest BCUT2D eigenvalue weighted by atomic mass is 9.75. The van der Waals surface area contributed by atoms with E-state index in [-0.39, 0.29) is 18.7 Å². The van der Waals surface area contributed by atoms with Gasteiger partial charge in [0.1, 0.15) is 0 Å². The lowest BCUT2D eigenvalue weighted by molar-refractivity contribution is -0.161. The molecule has 0 N–H and O–H groups in total. The molecule has 4 fully saturated rings. The van der Waals surface area contributed by atoms with Crippen LogP contribution in [-0.4, -0.2) is 67.6 Å². The van der Waals surface area contributed by atoms with Crippen molar-refractivity contribution in [2.45, 2.75) is 56.9 Å². The molecule has 142 valence electrons. The first-order valence-corrected chi connectivity index (χ1v) is 9.79. The van der Waals surface area contributed by atoms with Crippen molar-refractivity contribution in [2.75, 3.05) is 39.9 Å². The highest BCUT2D eigenvalue weighted by atomic mass is 19.3. The molecular formula is C19H30F2N2O2. The lowest BCUT2D eigenvalue weighted by Gasteiger charge is -2.43. The summed E-state index contributed by atoms with van der Waals surface area (Å²) in [6.45, 7) is 4.56. The minimum Gasteiger partial charge on any atom is -0.383 e. The van der Waals surface area contributed by atoms with E-state index in [1.807, 2.05) is 4.90 Å². The molecule has 0 aromatic heterocycles. The Kier molecular flexibility index (Phi) is 4.55. The molecule has 2 heterocycles. The third-order valence-corrected chi connectivity index (χ3v) is 6.85. The Morgan fingerprint density at radius 3 is 2.40 bits per heavy atom. The van der Waals surface area contributed by atoms with Gasteiger partial charge in [-0.15, -0.1) is 0 Å². The van der Waals surface area contributed by atoms with E-state index >= 15 is 0 Å². The van der Waals surface area contributed by atoms with E-state index in [1.54, 1.807) is 7.11 Å². The Morgan fingerprint density at radius 2 is 1.84 bits per heavy atom. The van der Waals surface area contributed by atoms with Crippen LogP contribution in [-0.2, 0) is 9.53 Å². The number of piperidine rings is 1. The molecule has 6 heteroatoms. The SMILES string of the molecule is COCC1CC2(CCN(C(=O)C3CC(F)(F)C3)CC2)CN1CC1CC1. The van der Waals surface area contributed by atoms with E-state index in [9.17, 15) is 13.6 Å². The van der Waals surface area contributed by atoms with E-state index in [2.05, 4.69) is 4.90 Å². The number of methoxy groups -OCH3 is 1. The second kappa shape index (κ2) is 6.45. The maximum atomic E-state index is 13.0. The quantitative estimate of drug-likeness (QED) is 0.759. The van der Waals surface area contributed by atoms with Crippen LogP contribution in [0.1, 0.15) is 44.9 Å². The van der Waals surface area contributed by atoms with Gasteiger partial charge in [-0.1, -0.05) is 0 Å². The first-order valence-electron chi connectivity index (χ1n) is 9.79. The number of ether oxygens (including phenoxy) is 1. The number of hydrogen-bond donors (Lipinski definition) is 0. The highest BCUT2D eigenvalue weighted by Crippen LogP contribution is 2.47. The summed E-state index contributed by atoms with van der Waals surface area (Å²) in [6, 6.07) is 0.498. The lowest BCUT2D eigenvalue weighted by Crippen LogP contribution is -2.51. The molecule has 2 aliphatic heterocycles. The van der Waals surface area contributed by atoms with Crippen LogP contribution in [0.15, 0.2) is 0 Å². The largest absolute Gasteiger partial charge is 0.383 e. The summed E-state index contributed by atoms with van der Waals surface area (Å²) in [5, 5.41) is 0. The second-order valence-electron chi connectivity index (χ2n) is 8.97. The Balaban J connectivity index is 1.32. The van der Waals surface area contributed by atoms with Gasteiger partial charge in [-0.25, -0.2) is 8.78 Å². The predicted octanol–water partition coefficient (Wildman–Crippen LogP) is 2.77. The van der Waals surface area contributed by atoms with Gasteiger partial charge in [0.15, 0.2) is 0 Å². The standard InChI is InChI=1S/C19H30F2N2O2/c1-25-12-16-10-18(13-23(16)11-14-2-3-14)4-6-22(7-5-18)17(24)15-8-19(20,21)9-15/h14-16H,2-13H2,1H3. The monoisotopic (exact) mass is 356 g/mol. The number of carbonyl (C=O) groups is 1. The molecule has 1 amide bonds. The third-order valence-electron chi connectivity index (χ3n) is 6.85. The molecule has 1 atom stereocenters. The van der Waals surface area contributed by atoms with Crippen molar-refractivity contribution < 1.29 is 18.3 Å². The van der Waals surface area contributed by atoms with Crippen LogP contribution in [0.5, 0.6) is 0 Å². The first kappa shape index (κ1) is 17.7. The molecule has 4 rings (SSSR count). The second-order valence-corrected chi connectivity index (χ2v) is 8.97. The number of nitrogens with zero attached hydrogens (tertiary/aromatic N) is 2. The molecule has 1 unspecified atom stereocenters. The average molecular weight is 356 g/mol. The Labute approximate surface area is 148 Å². The molecule has 2 saturated carbocycles. The summed E-state index contributed by atoms with van der Waals surface area (Å²) in [6.07, 6.45) is 5.37. The van der Waals surface area contributed by atoms with Gasteiger partial charge in [0.05, 0.1) is 6.61 Å². The zero-order valence-electron chi connectivity index (χ0n) is 15.2. The molecule has 4 nitrogen and oxygen atoms in total.